The number of thiophene rings is 1. The lowest BCUT2D eigenvalue weighted by molar-refractivity contribution is -0.385. The molecule has 1 aliphatic rings. The van der Waals surface area contributed by atoms with Gasteiger partial charge < -0.3 is 9.47 Å². The number of para-hydroxylation sites is 1. The first kappa shape index (κ1) is 28.0. The summed E-state index contributed by atoms with van der Waals surface area (Å²) in [6.07, 6.45) is 3.46. The summed E-state index contributed by atoms with van der Waals surface area (Å²) in [5, 5.41) is 18.4. The smallest absolute Gasteiger partial charge is 0.338 e. The first-order chi connectivity index (χ1) is 20.8. The molecule has 4 heterocycles. The number of nitrogens with zero attached hydrogens (tertiary/aromatic N) is 5. The molecule has 1 aliphatic heterocycles. The van der Waals surface area contributed by atoms with Crippen LogP contribution in [0.1, 0.15) is 23.4 Å². The number of esters is 1. The summed E-state index contributed by atoms with van der Waals surface area (Å²) in [6.45, 7) is 1.72. The van der Waals surface area contributed by atoms with Gasteiger partial charge in [-0.3, -0.25) is 19.5 Å². The summed E-state index contributed by atoms with van der Waals surface area (Å²) in [6, 6.07) is 17.0. The zero-order valence-corrected chi connectivity index (χ0v) is 24.7. The van der Waals surface area contributed by atoms with Gasteiger partial charge in [-0.15, -0.1) is 11.3 Å². The average Bonchev–Trinajstić information content (AvgIpc) is 3.76. The number of methoxy groups -OCH3 is 2. The number of thiazole rings is 1. The molecule has 13 heteroatoms. The van der Waals surface area contributed by atoms with Crippen LogP contribution in [0.4, 0.5) is 5.69 Å². The number of nitro groups is 1. The van der Waals surface area contributed by atoms with Crippen LogP contribution in [0.3, 0.4) is 0 Å². The van der Waals surface area contributed by atoms with Gasteiger partial charge in [-0.1, -0.05) is 35.6 Å². The maximum atomic E-state index is 14.0. The molecule has 216 valence electrons. The molecule has 0 radical (unpaired) electrons. The molecule has 6 rings (SSSR count). The second kappa shape index (κ2) is 11.3. The number of carbonyl (C=O) groups excluding carboxylic acids is 1. The summed E-state index contributed by atoms with van der Waals surface area (Å²) in [5.74, 6) is -0.432. The van der Waals surface area contributed by atoms with Crippen molar-refractivity contribution in [2.75, 3.05) is 14.2 Å². The maximum absolute atomic E-state index is 14.0. The second-order valence-corrected chi connectivity index (χ2v) is 11.4. The van der Waals surface area contributed by atoms with E-state index in [0.29, 0.717) is 37.4 Å². The number of aromatic nitrogens is 3. The number of hydrogen-bond donors (Lipinski definition) is 0. The molecule has 0 saturated carbocycles. The second-order valence-electron chi connectivity index (χ2n) is 9.45. The summed E-state index contributed by atoms with van der Waals surface area (Å²) in [7, 11) is 2.67. The Morgan fingerprint density at radius 2 is 1.91 bits per heavy atom. The molecular formula is C30H23N5O6S2. The largest absolute Gasteiger partial charge is 0.490 e. The third kappa shape index (κ3) is 4.98. The Balaban J connectivity index is 1.58. The highest BCUT2D eigenvalue weighted by Gasteiger charge is 2.33. The molecule has 0 unspecified atom stereocenters. The van der Waals surface area contributed by atoms with Crippen molar-refractivity contribution in [3.8, 4) is 22.7 Å². The lowest BCUT2D eigenvalue weighted by Crippen LogP contribution is -2.39. The molecule has 0 aliphatic carbocycles. The minimum absolute atomic E-state index is 0.122. The van der Waals surface area contributed by atoms with Gasteiger partial charge in [0.25, 0.3) is 5.56 Å². The van der Waals surface area contributed by atoms with Gasteiger partial charge in [-0.25, -0.2) is 14.5 Å². The third-order valence-electron chi connectivity index (χ3n) is 6.94. The molecule has 1 atom stereocenters. The van der Waals surface area contributed by atoms with Crippen molar-refractivity contribution in [2.24, 2.45) is 4.99 Å². The Kier molecular flexibility index (Phi) is 7.34. The predicted octanol–water partition coefficient (Wildman–Crippen LogP) is 4.24. The van der Waals surface area contributed by atoms with Gasteiger partial charge in [0.05, 0.1) is 40.6 Å². The van der Waals surface area contributed by atoms with E-state index in [-0.39, 0.29) is 17.0 Å². The van der Waals surface area contributed by atoms with Crippen molar-refractivity contribution in [3.63, 3.8) is 0 Å². The fraction of sp³-hybridized carbons (Fsp3) is 0.133. The molecule has 11 nitrogen and oxygen atoms in total. The Hall–Kier alpha value is -5.14. The summed E-state index contributed by atoms with van der Waals surface area (Å²) in [4.78, 5) is 44.0. The highest BCUT2D eigenvalue weighted by Crippen LogP contribution is 2.35. The molecule has 0 saturated heterocycles. The van der Waals surface area contributed by atoms with E-state index in [0.717, 1.165) is 10.6 Å². The number of fused-ring (bicyclic) bond motifs is 1. The third-order valence-corrected chi connectivity index (χ3v) is 8.85. The Morgan fingerprint density at radius 3 is 2.58 bits per heavy atom. The maximum Gasteiger partial charge on any atom is 0.338 e. The molecule has 0 fully saturated rings. The summed E-state index contributed by atoms with van der Waals surface area (Å²) < 4.78 is 13.8. The summed E-state index contributed by atoms with van der Waals surface area (Å²) >= 11 is 2.62. The van der Waals surface area contributed by atoms with Crippen LogP contribution in [0.15, 0.2) is 93.3 Å². The van der Waals surface area contributed by atoms with Crippen LogP contribution in [0.5, 0.6) is 5.75 Å². The van der Waals surface area contributed by atoms with E-state index in [4.69, 9.17) is 14.6 Å². The minimum Gasteiger partial charge on any atom is -0.490 e. The number of benzene rings is 2. The van der Waals surface area contributed by atoms with E-state index in [1.165, 1.54) is 53.6 Å². The minimum atomic E-state index is -0.693. The van der Waals surface area contributed by atoms with Crippen molar-refractivity contribution < 1.29 is 19.2 Å². The van der Waals surface area contributed by atoms with Crippen LogP contribution in [0.2, 0.25) is 0 Å². The Labute approximate surface area is 252 Å². The number of rotatable bonds is 7. The molecule has 0 spiro atoms. The predicted molar refractivity (Wildman–Crippen MR) is 162 cm³/mol. The van der Waals surface area contributed by atoms with Gasteiger partial charge in [0.2, 0.25) is 0 Å². The van der Waals surface area contributed by atoms with Crippen LogP contribution in [-0.2, 0) is 9.53 Å². The van der Waals surface area contributed by atoms with Crippen LogP contribution >= 0.6 is 22.7 Å². The molecule has 0 bridgehead atoms. The standard InChI is InChI=1S/C30H23N5O6S2/c1-17-25(29(37)41-3)27(23-10-7-13-42-23)34-28(36)24(43-30(34)31-17)15-19-16-33(20-8-5-4-6-9-20)32-26(19)18-11-12-22(40-2)21(14-18)35(38)39/h4-16,27H,1-3H3/b24-15-/t27-/m1/s1. The number of hydrogen-bond acceptors (Lipinski definition) is 10. The van der Waals surface area contributed by atoms with Gasteiger partial charge in [-0.2, -0.15) is 5.10 Å². The van der Waals surface area contributed by atoms with E-state index in [9.17, 15) is 19.7 Å². The average molecular weight is 614 g/mol. The molecule has 5 aromatic rings. The Bertz CT molecular complexity index is 2090. The molecule has 3 aromatic heterocycles. The highest BCUT2D eigenvalue weighted by atomic mass is 32.1. The van der Waals surface area contributed by atoms with Gasteiger partial charge in [0.15, 0.2) is 10.6 Å². The first-order valence-corrected chi connectivity index (χ1v) is 14.6. The number of allylic oxidation sites excluding steroid dienone is 1. The molecule has 43 heavy (non-hydrogen) atoms. The van der Waals surface area contributed by atoms with E-state index < -0.39 is 16.9 Å². The fourth-order valence-electron chi connectivity index (χ4n) is 4.96. The zero-order chi connectivity index (χ0) is 30.2. The van der Waals surface area contributed by atoms with E-state index in [1.807, 2.05) is 47.8 Å². The van der Waals surface area contributed by atoms with Gasteiger partial charge >= 0.3 is 11.7 Å². The molecule has 0 N–H and O–H groups in total. The van der Waals surface area contributed by atoms with Gasteiger partial charge in [0.1, 0.15) is 11.7 Å². The highest BCUT2D eigenvalue weighted by molar-refractivity contribution is 7.10. The van der Waals surface area contributed by atoms with Crippen LogP contribution in [-0.4, -0.2) is 39.5 Å². The normalized spacial score (nSPS) is 14.8. The lowest BCUT2D eigenvalue weighted by atomic mass is 10.0. The van der Waals surface area contributed by atoms with Crippen molar-refractivity contribution in [1.29, 1.82) is 0 Å². The molecule has 2 aromatic carbocycles. The van der Waals surface area contributed by atoms with Gasteiger partial charge in [-0.05, 0) is 48.7 Å². The van der Waals surface area contributed by atoms with Crippen LogP contribution < -0.4 is 19.6 Å². The lowest BCUT2D eigenvalue weighted by Gasteiger charge is -2.22. The van der Waals surface area contributed by atoms with Crippen molar-refractivity contribution in [1.82, 2.24) is 14.3 Å². The number of carbonyl (C=O) groups is 1. The fourth-order valence-corrected chi connectivity index (χ4v) is 6.82. The quantitative estimate of drug-likeness (QED) is 0.152. The summed E-state index contributed by atoms with van der Waals surface area (Å²) in [5.41, 5.74) is 2.46. The number of ether oxygens (including phenoxy) is 2. The van der Waals surface area contributed by atoms with E-state index in [1.54, 1.807) is 29.9 Å². The first-order valence-electron chi connectivity index (χ1n) is 12.9. The molecule has 0 amide bonds. The van der Waals surface area contributed by atoms with Crippen molar-refractivity contribution in [3.05, 3.63) is 124 Å². The topological polar surface area (TPSA) is 131 Å². The van der Waals surface area contributed by atoms with Crippen molar-refractivity contribution >= 4 is 40.4 Å². The zero-order valence-electron chi connectivity index (χ0n) is 23.1. The molecular weight excluding hydrogens is 590 g/mol. The monoisotopic (exact) mass is 613 g/mol. The van der Waals surface area contributed by atoms with E-state index in [2.05, 4.69) is 4.99 Å². The Morgan fingerprint density at radius 1 is 1.12 bits per heavy atom. The van der Waals surface area contributed by atoms with Crippen LogP contribution in [0.25, 0.3) is 23.0 Å². The van der Waals surface area contributed by atoms with Crippen LogP contribution in [0, 0.1) is 10.1 Å². The number of nitro benzene ring substituents is 1. The SMILES string of the molecule is COC(=O)C1=C(C)N=c2s/c(=C\c3cn(-c4ccccc4)nc3-c3ccc(OC)c([N+](=O)[O-])c3)c(=O)n2[C@@H]1c1cccs1. The van der Waals surface area contributed by atoms with Gasteiger partial charge in [0, 0.05) is 28.3 Å². The van der Waals surface area contributed by atoms with E-state index >= 15 is 0 Å². The van der Waals surface area contributed by atoms with Crippen molar-refractivity contribution in [2.45, 2.75) is 13.0 Å².